The van der Waals surface area contributed by atoms with E-state index in [1.54, 1.807) is 0 Å². The maximum Gasteiger partial charge on any atom is 0.150 e. The Bertz CT molecular complexity index is 487. The predicted octanol–water partition coefficient (Wildman–Crippen LogP) is 2.21. The van der Waals surface area contributed by atoms with E-state index in [0.29, 0.717) is 5.92 Å². The van der Waals surface area contributed by atoms with E-state index >= 15 is 0 Å². The quantitative estimate of drug-likeness (QED) is 0.869. The van der Waals surface area contributed by atoms with Gasteiger partial charge in [-0.15, -0.1) is 0 Å². The molecule has 4 rings (SSSR count). The van der Waals surface area contributed by atoms with E-state index in [2.05, 4.69) is 0 Å². The summed E-state index contributed by atoms with van der Waals surface area (Å²) >= 11 is 0. The molecule has 0 spiro atoms. The number of sulfone groups is 1. The summed E-state index contributed by atoms with van der Waals surface area (Å²) in [6, 6.07) is 0.276. The summed E-state index contributed by atoms with van der Waals surface area (Å²) in [6.07, 6.45) is 9.61. The van der Waals surface area contributed by atoms with Crippen molar-refractivity contribution in [3.05, 3.63) is 0 Å². The summed E-state index contributed by atoms with van der Waals surface area (Å²) in [5.41, 5.74) is 6.61. The van der Waals surface area contributed by atoms with Gasteiger partial charge in [-0.2, -0.15) is 0 Å². The van der Waals surface area contributed by atoms with Gasteiger partial charge in [-0.3, -0.25) is 0 Å². The highest BCUT2D eigenvalue weighted by Crippen LogP contribution is 2.70. The molecule has 4 heteroatoms. The molecule has 3 nitrogen and oxygen atoms in total. The van der Waals surface area contributed by atoms with Crippen molar-refractivity contribution in [3.63, 3.8) is 0 Å². The first kappa shape index (κ1) is 13.6. The van der Waals surface area contributed by atoms with Gasteiger partial charge in [-0.05, 0) is 74.0 Å². The van der Waals surface area contributed by atoms with Gasteiger partial charge in [0.15, 0.2) is 0 Å². The third-order valence-electron chi connectivity index (χ3n) is 7.06. The fourth-order valence-electron chi connectivity index (χ4n) is 6.14. The van der Waals surface area contributed by atoms with Gasteiger partial charge in [0.2, 0.25) is 0 Å². The van der Waals surface area contributed by atoms with Gasteiger partial charge in [0.05, 0.1) is 5.25 Å². The smallest absolute Gasteiger partial charge is 0.150 e. The molecule has 4 saturated carbocycles. The molecule has 20 heavy (non-hydrogen) atoms. The first-order chi connectivity index (χ1) is 9.47. The SMILES string of the molecule is CS(=O)(=O)C1CCCC(C(N)C2C3C4CCC(C4)C32)C1. The van der Waals surface area contributed by atoms with Crippen molar-refractivity contribution in [1.82, 2.24) is 0 Å². The van der Waals surface area contributed by atoms with E-state index in [4.69, 9.17) is 5.73 Å². The molecular weight excluding hydrogens is 270 g/mol. The molecule has 0 saturated heterocycles. The molecule has 0 heterocycles. The zero-order valence-corrected chi connectivity index (χ0v) is 13.2. The van der Waals surface area contributed by atoms with Crippen LogP contribution in [0.4, 0.5) is 0 Å². The minimum absolute atomic E-state index is 0.123. The number of nitrogens with two attached hydrogens (primary N) is 1. The van der Waals surface area contributed by atoms with E-state index in [1.165, 1.54) is 25.5 Å². The second kappa shape index (κ2) is 4.45. The van der Waals surface area contributed by atoms with E-state index < -0.39 is 9.84 Å². The highest BCUT2D eigenvalue weighted by atomic mass is 32.2. The van der Waals surface area contributed by atoms with Crippen molar-refractivity contribution in [2.75, 3.05) is 6.26 Å². The molecule has 0 aliphatic heterocycles. The van der Waals surface area contributed by atoms with Crippen LogP contribution in [-0.2, 0) is 9.84 Å². The Morgan fingerprint density at radius 1 is 1.00 bits per heavy atom. The van der Waals surface area contributed by atoms with Crippen molar-refractivity contribution in [1.29, 1.82) is 0 Å². The highest BCUT2D eigenvalue weighted by molar-refractivity contribution is 7.91. The number of hydrogen-bond acceptors (Lipinski definition) is 3. The van der Waals surface area contributed by atoms with Crippen molar-refractivity contribution < 1.29 is 8.42 Å². The molecular formula is C16H27NO2S. The van der Waals surface area contributed by atoms with Crippen molar-refractivity contribution in [3.8, 4) is 0 Å². The molecule has 2 N–H and O–H groups in total. The molecule has 0 amide bonds. The summed E-state index contributed by atoms with van der Waals surface area (Å²) in [5, 5.41) is -0.123. The van der Waals surface area contributed by atoms with Gasteiger partial charge in [-0.1, -0.05) is 6.42 Å². The molecule has 7 unspecified atom stereocenters. The summed E-state index contributed by atoms with van der Waals surface area (Å²) in [6.45, 7) is 0. The number of fused-ring (bicyclic) bond motifs is 5. The molecule has 0 aromatic rings. The van der Waals surface area contributed by atoms with Gasteiger partial charge >= 0.3 is 0 Å². The molecule has 0 radical (unpaired) electrons. The van der Waals surface area contributed by atoms with Gasteiger partial charge in [0.25, 0.3) is 0 Å². The maximum atomic E-state index is 11.8. The minimum atomic E-state index is -2.88. The van der Waals surface area contributed by atoms with E-state index in [-0.39, 0.29) is 11.3 Å². The van der Waals surface area contributed by atoms with Crippen LogP contribution < -0.4 is 5.73 Å². The van der Waals surface area contributed by atoms with Crippen LogP contribution >= 0.6 is 0 Å². The lowest BCUT2D eigenvalue weighted by Gasteiger charge is -2.33. The van der Waals surface area contributed by atoms with Crippen LogP contribution in [-0.4, -0.2) is 26.0 Å². The molecule has 0 aromatic heterocycles. The monoisotopic (exact) mass is 297 g/mol. The van der Waals surface area contributed by atoms with E-state index in [1.807, 2.05) is 0 Å². The van der Waals surface area contributed by atoms with Crippen LogP contribution in [0.25, 0.3) is 0 Å². The van der Waals surface area contributed by atoms with Crippen LogP contribution in [0.2, 0.25) is 0 Å². The fraction of sp³-hybridized carbons (Fsp3) is 1.00. The van der Waals surface area contributed by atoms with E-state index in [0.717, 1.165) is 55.3 Å². The normalized spacial score (nSPS) is 51.8. The lowest BCUT2D eigenvalue weighted by Crippen LogP contribution is -2.40. The average molecular weight is 297 g/mol. The van der Waals surface area contributed by atoms with Crippen LogP contribution in [0.15, 0.2) is 0 Å². The van der Waals surface area contributed by atoms with Crippen molar-refractivity contribution >= 4 is 9.84 Å². The molecule has 4 fully saturated rings. The number of rotatable bonds is 3. The number of hydrogen-bond donors (Lipinski definition) is 1. The third kappa shape index (κ3) is 1.98. The van der Waals surface area contributed by atoms with Gasteiger partial charge in [0, 0.05) is 12.3 Å². The molecule has 4 aliphatic rings. The van der Waals surface area contributed by atoms with Gasteiger partial charge in [0.1, 0.15) is 9.84 Å². The standard InChI is InChI=1S/C16H27NO2S/c1-20(18,19)12-4-2-3-11(8-12)16(17)15-13-9-5-6-10(7-9)14(13)15/h9-16H,2-8,17H2,1H3. The predicted molar refractivity (Wildman–Crippen MR) is 79.9 cm³/mol. The van der Waals surface area contributed by atoms with Crippen LogP contribution in [0.5, 0.6) is 0 Å². The van der Waals surface area contributed by atoms with Crippen LogP contribution in [0.3, 0.4) is 0 Å². The summed E-state index contributed by atoms with van der Waals surface area (Å²) in [5.74, 6) is 4.97. The third-order valence-corrected chi connectivity index (χ3v) is 8.69. The van der Waals surface area contributed by atoms with Crippen molar-refractivity contribution in [2.24, 2.45) is 41.2 Å². The summed E-state index contributed by atoms with van der Waals surface area (Å²) in [7, 11) is -2.88. The molecule has 114 valence electrons. The Morgan fingerprint density at radius 2 is 1.65 bits per heavy atom. The zero-order valence-electron chi connectivity index (χ0n) is 12.4. The first-order valence-corrected chi connectivity index (χ1v) is 10.4. The molecule has 0 aromatic carbocycles. The largest absolute Gasteiger partial charge is 0.327 e. The Kier molecular flexibility index (Phi) is 3.02. The first-order valence-electron chi connectivity index (χ1n) is 8.41. The fourth-order valence-corrected chi connectivity index (χ4v) is 7.33. The lowest BCUT2D eigenvalue weighted by atomic mass is 9.80. The topological polar surface area (TPSA) is 60.2 Å². The average Bonchev–Trinajstić information content (AvgIpc) is 2.84. The maximum absolute atomic E-state index is 11.8. The summed E-state index contributed by atoms with van der Waals surface area (Å²) < 4.78 is 23.6. The Hall–Kier alpha value is -0.0900. The zero-order chi connectivity index (χ0) is 14.1. The molecule has 2 bridgehead atoms. The Morgan fingerprint density at radius 3 is 2.25 bits per heavy atom. The van der Waals surface area contributed by atoms with Crippen LogP contribution in [0, 0.1) is 35.5 Å². The van der Waals surface area contributed by atoms with Crippen molar-refractivity contribution in [2.45, 2.75) is 56.2 Å². The molecule has 4 aliphatic carbocycles. The van der Waals surface area contributed by atoms with E-state index in [9.17, 15) is 8.42 Å². The Labute approximate surface area is 122 Å². The summed E-state index contributed by atoms with van der Waals surface area (Å²) in [4.78, 5) is 0. The second-order valence-corrected chi connectivity index (χ2v) is 10.3. The van der Waals surface area contributed by atoms with Crippen LogP contribution in [0.1, 0.15) is 44.9 Å². The Balaban J connectivity index is 1.43. The van der Waals surface area contributed by atoms with Gasteiger partial charge < -0.3 is 5.73 Å². The molecule has 7 atom stereocenters. The highest BCUT2D eigenvalue weighted by Gasteiger charge is 2.66. The minimum Gasteiger partial charge on any atom is -0.327 e. The van der Waals surface area contributed by atoms with Gasteiger partial charge in [-0.25, -0.2) is 8.42 Å². The second-order valence-electron chi connectivity index (χ2n) is 8.02. The lowest BCUT2D eigenvalue weighted by molar-refractivity contribution is 0.259.